The predicted octanol–water partition coefficient (Wildman–Crippen LogP) is 2.60. The summed E-state index contributed by atoms with van der Waals surface area (Å²) < 4.78 is 4.53. The molecule has 1 fully saturated rings. The normalized spacial score (nSPS) is 13.7. The highest BCUT2D eigenvalue weighted by atomic mass is 16.5. The van der Waals surface area contributed by atoms with E-state index in [1.807, 2.05) is 4.90 Å². The first-order valence-corrected chi connectivity index (χ1v) is 9.06. The topological polar surface area (TPSA) is 76.0 Å². The summed E-state index contributed by atoms with van der Waals surface area (Å²) in [6.07, 6.45) is 4.07. The minimum atomic E-state index is -0.636. The standard InChI is InChI=1S/C21H24N2O4/c1-16(21(26)27-2)22-20(25)18-11-8-10-17(15-18)9-4-3-5-12-19(24)23-13-6-7-14-23/h8,10-11,15H,3,5-7,12-14H2,1-2H3/b22-16+. The van der Waals surface area contributed by atoms with E-state index in [2.05, 4.69) is 21.6 Å². The summed E-state index contributed by atoms with van der Waals surface area (Å²) >= 11 is 0. The molecule has 0 spiro atoms. The highest BCUT2D eigenvalue weighted by Crippen LogP contribution is 2.11. The number of carbonyl (C=O) groups excluding carboxylic acids is 3. The predicted molar refractivity (Wildman–Crippen MR) is 102 cm³/mol. The van der Waals surface area contributed by atoms with Gasteiger partial charge < -0.3 is 9.64 Å². The summed E-state index contributed by atoms with van der Waals surface area (Å²) in [5, 5.41) is 0. The van der Waals surface area contributed by atoms with Gasteiger partial charge in [0, 0.05) is 37.1 Å². The van der Waals surface area contributed by atoms with Crippen molar-refractivity contribution in [1.29, 1.82) is 0 Å². The van der Waals surface area contributed by atoms with Gasteiger partial charge in [-0.05, 0) is 44.4 Å². The monoisotopic (exact) mass is 368 g/mol. The summed E-state index contributed by atoms with van der Waals surface area (Å²) in [6.45, 7) is 3.18. The molecule has 2 amide bonds. The molecule has 0 saturated carbocycles. The lowest BCUT2D eigenvalue weighted by Crippen LogP contribution is -2.27. The van der Waals surface area contributed by atoms with E-state index in [1.165, 1.54) is 14.0 Å². The highest BCUT2D eigenvalue weighted by Gasteiger charge is 2.16. The first kappa shape index (κ1) is 20.4. The van der Waals surface area contributed by atoms with Gasteiger partial charge >= 0.3 is 5.97 Å². The van der Waals surface area contributed by atoms with E-state index in [0.29, 0.717) is 24.0 Å². The summed E-state index contributed by atoms with van der Waals surface area (Å²) in [7, 11) is 1.24. The number of benzene rings is 1. The van der Waals surface area contributed by atoms with Crippen LogP contribution in [0.5, 0.6) is 0 Å². The molecule has 0 atom stereocenters. The number of likely N-dealkylation sites (tertiary alicyclic amines) is 1. The Bertz CT molecular complexity index is 796. The van der Waals surface area contributed by atoms with Crippen molar-refractivity contribution in [2.45, 2.75) is 39.0 Å². The minimum Gasteiger partial charge on any atom is -0.465 e. The number of methoxy groups -OCH3 is 1. The average molecular weight is 368 g/mol. The summed E-state index contributed by atoms with van der Waals surface area (Å²) in [6, 6.07) is 6.78. The zero-order valence-electron chi connectivity index (χ0n) is 15.8. The van der Waals surface area contributed by atoms with Gasteiger partial charge in [0.1, 0.15) is 5.71 Å². The van der Waals surface area contributed by atoms with Crippen molar-refractivity contribution in [3.63, 3.8) is 0 Å². The van der Waals surface area contributed by atoms with Crippen LogP contribution in [0.25, 0.3) is 0 Å². The quantitative estimate of drug-likeness (QED) is 0.346. The van der Waals surface area contributed by atoms with Gasteiger partial charge in [-0.3, -0.25) is 9.59 Å². The smallest absolute Gasteiger partial charge is 0.352 e. The zero-order valence-corrected chi connectivity index (χ0v) is 15.8. The third-order valence-corrected chi connectivity index (χ3v) is 4.24. The molecule has 0 bridgehead atoms. The molecule has 2 rings (SSSR count). The number of amides is 2. The molecule has 1 aromatic rings. The molecule has 0 aromatic heterocycles. The van der Waals surface area contributed by atoms with Crippen LogP contribution in [-0.4, -0.2) is 48.6 Å². The van der Waals surface area contributed by atoms with E-state index >= 15 is 0 Å². The number of hydrogen-bond donors (Lipinski definition) is 0. The maximum Gasteiger partial charge on any atom is 0.352 e. The molecule has 6 heteroatoms. The Balaban J connectivity index is 1.88. The number of unbranched alkanes of at least 4 members (excludes halogenated alkanes) is 1. The molecule has 0 N–H and O–H groups in total. The molecular formula is C21H24N2O4. The van der Waals surface area contributed by atoms with Gasteiger partial charge in [-0.25, -0.2) is 9.79 Å². The SMILES string of the molecule is COC(=O)/C(C)=N/C(=O)c1cccc(C#CCCCC(=O)N2CCCC2)c1. The number of hydrogen-bond acceptors (Lipinski definition) is 4. The highest BCUT2D eigenvalue weighted by molar-refractivity contribution is 6.37. The third kappa shape index (κ3) is 6.37. The van der Waals surface area contributed by atoms with Gasteiger partial charge in [-0.2, -0.15) is 0 Å². The molecule has 6 nitrogen and oxygen atoms in total. The second-order valence-electron chi connectivity index (χ2n) is 6.32. The Morgan fingerprint density at radius 2 is 1.96 bits per heavy atom. The van der Waals surface area contributed by atoms with Gasteiger partial charge in [0.05, 0.1) is 7.11 Å². The first-order valence-electron chi connectivity index (χ1n) is 9.06. The van der Waals surface area contributed by atoms with Crippen LogP contribution < -0.4 is 0 Å². The summed E-state index contributed by atoms with van der Waals surface area (Å²) in [5.74, 6) is 5.10. The minimum absolute atomic E-state index is 0.00153. The Hall–Kier alpha value is -2.94. The van der Waals surface area contributed by atoms with Crippen LogP contribution in [0.15, 0.2) is 29.3 Å². The Labute approximate surface area is 159 Å². The lowest BCUT2D eigenvalue weighted by atomic mass is 10.1. The number of carbonyl (C=O) groups is 3. The largest absolute Gasteiger partial charge is 0.465 e. The van der Waals surface area contributed by atoms with Crippen molar-refractivity contribution in [1.82, 2.24) is 4.90 Å². The number of nitrogens with zero attached hydrogens (tertiary/aromatic N) is 2. The number of rotatable bonds is 5. The van der Waals surface area contributed by atoms with Crippen LogP contribution in [0.2, 0.25) is 0 Å². The van der Waals surface area contributed by atoms with Gasteiger partial charge in [0.2, 0.25) is 5.91 Å². The van der Waals surface area contributed by atoms with Crippen molar-refractivity contribution < 1.29 is 19.1 Å². The lowest BCUT2D eigenvalue weighted by Gasteiger charge is -2.14. The van der Waals surface area contributed by atoms with E-state index in [9.17, 15) is 14.4 Å². The van der Waals surface area contributed by atoms with Crippen LogP contribution in [0.3, 0.4) is 0 Å². The van der Waals surface area contributed by atoms with Crippen molar-refractivity contribution in [2.75, 3.05) is 20.2 Å². The van der Waals surface area contributed by atoms with Crippen LogP contribution in [0.4, 0.5) is 0 Å². The van der Waals surface area contributed by atoms with Crippen molar-refractivity contribution in [2.24, 2.45) is 4.99 Å². The number of ether oxygens (including phenoxy) is 1. The fourth-order valence-electron chi connectivity index (χ4n) is 2.76. The van der Waals surface area contributed by atoms with Crippen molar-refractivity contribution in [3.8, 4) is 11.8 Å². The average Bonchev–Trinajstić information content (AvgIpc) is 3.22. The van der Waals surface area contributed by atoms with E-state index < -0.39 is 11.9 Å². The van der Waals surface area contributed by atoms with Gasteiger partial charge in [0.15, 0.2) is 0 Å². The molecule has 1 saturated heterocycles. The Morgan fingerprint density at radius 1 is 1.22 bits per heavy atom. The van der Waals surface area contributed by atoms with Crippen LogP contribution in [-0.2, 0) is 14.3 Å². The first-order chi connectivity index (χ1) is 13.0. The van der Waals surface area contributed by atoms with Crippen molar-refractivity contribution >= 4 is 23.5 Å². The van der Waals surface area contributed by atoms with Gasteiger partial charge in [0.25, 0.3) is 5.91 Å². The molecule has 0 unspecified atom stereocenters. The second kappa shape index (κ2) is 10.3. The summed E-state index contributed by atoms with van der Waals surface area (Å²) in [5.41, 5.74) is 1.05. The molecule has 1 heterocycles. The zero-order chi connectivity index (χ0) is 19.6. The Morgan fingerprint density at radius 3 is 2.67 bits per heavy atom. The van der Waals surface area contributed by atoms with Crippen LogP contribution >= 0.6 is 0 Å². The maximum absolute atomic E-state index is 12.1. The molecule has 142 valence electrons. The Kier molecular flexibility index (Phi) is 7.75. The van der Waals surface area contributed by atoms with Crippen molar-refractivity contribution in [3.05, 3.63) is 35.4 Å². The van der Waals surface area contributed by atoms with E-state index in [4.69, 9.17) is 0 Å². The summed E-state index contributed by atoms with van der Waals surface area (Å²) in [4.78, 5) is 41.1. The van der Waals surface area contributed by atoms with Crippen LogP contribution in [0, 0.1) is 11.8 Å². The molecule has 0 radical (unpaired) electrons. The lowest BCUT2D eigenvalue weighted by molar-refractivity contribution is -0.133. The molecule has 1 aliphatic heterocycles. The molecular weight excluding hydrogens is 344 g/mol. The second-order valence-corrected chi connectivity index (χ2v) is 6.32. The molecule has 1 aliphatic rings. The molecule has 1 aromatic carbocycles. The van der Waals surface area contributed by atoms with E-state index in [0.717, 1.165) is 32.4 Å². The van der Waals surface area contributed by atoms with Gasteiger partial charge in [-0.15, -0.1) is 0 Å². The van der Waals surface area contributed by atoms with E-state index in [-0.39, 0.29) is 11.6 Å². The molecule has 27 heavy (non-hydrogen) atoms. The maximum atomic E-state index is 12.1. The van der Waals surface area contributed by atoms with E-state index in [1.54, 1.807) is 24.3 Å². The van der Waals surface area contributed by atoms with Crippen LogP contribution in [0.1, 0.15) is 54.9 Å². The fraction of sp³-hybridized carbons (Fsp3) is 0.429. The third-order valence-electron chi connectivity index (χ3n) is 4.24. The number of esters is 1. The molecule has 0 aliphatic carbocycles. The fourth-order valence-corrected chi connectivity index (χ4v) is 2.76. The number of aliphatic imine (C=N–C) groups is 1. The van der Waals surface area contributed by atoms with Gasteiger partial charge in [-0.1, -0.05) is 17.9 Å².